The molecule has 0 saturated carbocycles. The average Bonchev–Trinajstić information content (AvgIpc) is 3.15. The molecule has 3 rings (SSSR count). The first-order chi connectivity index (χ1) is 12.2. The summed E-state index contributed by atoms with van der Waals surface area (Å²) in [5, 5.41) is 9.33. The number of nitrogens with zero attached hydrogens (tertiary/aromatic N) is 3. The Hall–Kier alpha value is -2.78. The van der Waals surface area contributed by atoms with Crippen molar-refractivity contribution in [2.45, 2.75) is 19.4 Å². The minimum atomic E-state index is 0.248. The molecule has 0 atom stereocenters. The van der Waals surface area contributed by atoms with E-state index in [0.717, 1.165) is 30.9 Å². The molecule has 1 aromatic heterocycles. The molecular weight excluding hydrogens is 318 g/mol. The number of hydrogen-bond donors (Lipinski definition) is 0. The number of rotatable bonds is 6. The van der Waals surface area contributed by atoms with Crippen LogP contribution < -0.4 is 14.2 Å². The fraction of sp³-hybridized carbons (Fsp3) is 0.368. The van der Waals surface area contributed by atoms with Crippen LogP contribution in [0.5, 0.6) is 23.1 Å². The Morgan fingerprint density at radius 2 is 1.92 bits per heavy atom. The van der Waals surface area contributed by atoms with Crippen LogP contribution in [0.1, 0.15) is 24.0 Å². The Morgan fingerprint density at radius 1 is 1.12 bits per heavy atom. The van der Waals surface area contributed by atoms with Crippen molar-refractivity contribution in [1.29, 1.82) is 5.26 Å². The summed E-state index contributed by atoms with van der Waals surface area (Å²) in [5.41, 5.74) is 1.40. The van der Waals surface area contributed by atoms with E-state index in [1.54, 1.807) is 19.4 Å². The molecule has 2 heterocycles. The van der Waals surface area contributed by atoms with Crippen molar-refractivity contribution in [3.63, 3.8) is 0 Å². The van der Waals surface area contributed by atoms with Crippen molar-refractivity contribution >= 4 is 0 Å². The molecule has 0 unspecified atom stereocenters. The molecule has 0 spiro atoms. The Bertz CT molecular complexity index is 780. The summed E-state index contributed by atoms with van der Waals surface area (Å²) in [6, 6.07) is 9.47. The molecule has 1 aliphatic heterocycles. The minimum absolute atomic E-state index is 0.248. The molecule has 6 heteroatoms. The molecule has 130 valence electrons. The third-order valence-corrected chi connectivity index (χ3v) is 4.26. The van der Waals surface area contributed by atoms with Gasteiger partial charge in [0.2, 0.25) is 5.88 Å². The zero-order chi connectivity index (χ0) is 17.6. The molecule has 0 radical (unpaired) electrons. The number of ether oxygens (including phenoxy) is 3. The Balaban J connectivity index is 1.83. The number of pyridine rings is 1. The van der Waals surface area contributed by atoms with E-state index < -0.39 is 0 Å². The summed E-state index contributed by atoms with van der Waals surface area (Å²) in [4.78, 5) is 6.44. The van der Waals surface area contributed by atoms with Gasteiger partial charge >= 0.3 is 0 Å². The Labute approximate surface area is 147 Å². The van der Waals surface area contributed by atoms with Gasteiger partial charge in [-0.1, -0.05) is 6.07 Å². The van der Waals surface area contributed by atoms with E-state index in [1.165, 1.54) is 20.0 Å². The Morgan fingerprint density at radius 3 is 2.60 bits per heavy atom. The summed E-state index contributed by atoms with van der Waals surface area (Å²) >= 11 is 0. The lowest BCUT2D eigenvalue weighted by Crippen LogP contribution is -2.18. The second-order valence-electron chi connectivity index (χ2n) is 5.86. The number of likely N-dealkylation sites (tertiary alicyclic amines) is 1. The molecule has 6 nitrogen and oxygen atoms in total. The fourth-order valence-corrected chi connectivity index (χ4v) is 3.00. The van der Waals surface area contributed by atoms with Crippen LogP contribution >= 0.6 is 0 Å². The molecule has 0 amide bonds. The number of hydrogen-bond acceptors (Lipinski definition) is 6. The SMILES string of the molecule is COc1cc(Oc2ccnc(OC)c2C#N)ccc1CN1CCCC1. The molecule has 0 N–H and O–H groups in total. The molecule has 1 aliphatic rings. The standard InChI is InChI=1S/C19H21N3O3/c1-23-18-11-15(6-5-14(18)13-22-9-3-4-10-22)25-17-7-8-21-19(24-2)16(17)12-20/h5-8,11H,3-4,9-10,13H2,1-2H3. The number of methoxy groups -OCH3 is 2. The van der Waals surface area contributed by atoms with E-state index >= 15 is 0 Å². The van der Waals surface area contributed by atoms with Crippen molar-refractivity contribution in [3.8, 4) is 29.2 Å². The quantitative estimate of drug-likeness (QED) is 0.804. The van der Waals surface area contributed by atoms with Gasteiger partial charge in [-0.25, -0.2) is 4.98 Å². The molecular formula is C19H21N3O3. The van der Waals surface area contributed by atoms with E-state index in [0.29, 0.717) is 11.5 Å². The van der Waals surface area contributed by atoms with Gasteiger partial charge in [0.25, 0.3) is 0 Å². The van der Waals surface area contributed by atoms with Gasteiger partial charge in [0.1, 0.15) is 17.6 Å². The van der Waals surface area contributed by atoms with Gasteiger partial charge in [0, 0.05) is 30.4 Å². The van der Waals surface area contributed by atoms with E-state index in [2.05, 4.69) is 16.0 Å². The van der Waals surface area contributed by atoms with E-state index in [1.807, 2.05) is 18.2 Å². The van der Waals surface area contributed by atoms with Gasteiger partial charge < -0.3 is 14.2 Å². The predicted octanol–water partition coefficient (Wildman–Crippen LogP) is 3.36. The van der Waals surface area contributed by atoms with Crippen LogP contribution in [-0.4, -0.2) is 37.2 Å². The van der Waals surface area contributed by atoms with E-state index in [4.69, 9.17) is 14.2 Å². The highest BCUT2D eigenvalue weighted by atomic mass is 16.5. The monoisotopic (exact) mass is 339 g/mol. The third kappa shape index (κ3) is 3.83. The lowest BCUT2D eigenvalue weighted by molar-refractivity contribution is 0.320. The molecule has 25 heavy (non-hydrogen) atoms. The van der Waals surface area contributed by atoms with Gasteiger partial charge in [-0.2, -0.15) is 5.26 Å². The van der Waals surface area contributed by atoms with Crippen molar-refractivity contribution < 1.29 is 14.2 Å². The van der Waals surface area contributed by atoms with Crippen LogP contribution in [0.2, 0.25) is 0 Å². The second kappa shape index (κ2) is 7.86. The number of nitriles is 1. The molecule has 0 bridgehead atoms. The number of aromatic nitrogens is 1. The van der Waals surface area contributed by atoms with Crippen molar-refractivity contribution in [3.05, 3.63) is 41.6 Å². The maximum Gasteiger partial charge on any atom is 0.235 e. The maximum atomic E-state index is 9.33. The largest absolute Gasteiger partial charge is 0.496 e. The maximum absolute atomic E-state index is 9.33. The van der Waals surface area contributed by atoms with Gasteiger partial charge in [-0.05, 0) is 32.0 Å². The number of benzene rings is 1. The summed E-state index contributed by atoms with van der Waals surface area (Å²) in [6.07, 6.45) is 4.06. The van der Waals surface area contributed by atoms with Crippen LogP contribution in [0.25, 0.3) is 0 Å². The molecule has 1 saturated heterocycles. The van der Waals surface area contributed by atoms with Crippen molar-refractivity contribution in [1.82, 2.24) is 9.88 Å². The van der Waals surface area contributed by atoms with Crippen molar-refractivity contribution in [2.75, 3.05) is 27.3 Å². The van der Waals surface area contributed by atoms with E-state index in [9.17, 15) is 5.26 Å². The fourth-order valence-electron chi connectivity index (χ4n) is 3.00. The second-order valence-corrected chi connectivity index (χ2v) is 5.86. The third-order valence-electron chi connectivity index (χ3n) is 4.26. The molecule has 0 aliphatic carbocycles. The molecule has 1 fully saturated rings. The first-order valence-corrected chi connectivity index (χ1v) is 8.25. The first kappa shape index (κ1) is 17.1. The van der Waals surface area contributed by atoms with Crippen molar-refractivity contribution in [2.24, 2.45) is 0 Å². The molecule has 1 aromatic carbocycles. The normalized spacial score (nSPS) is 14.1. The lowest BCUT2D eigenvalue weighted by Gasteiger charge is -2.18. The smallest absolute Gasteiger partial charge is 0.235 e. The van der Waals surface area contributed by atoms with Crippen LogP contribution in [-0.2, 0) is 6.54 Å². The van der Waals surface area contributed by atoms with Gasteiger partial charge in [0.15, 0.2) is 11.3 Å². The summed E-state index contributed by atoms with van der Waals surface area (Å²) in [5.74, 6) is 2.04. The highest BCUT2D eigenvalue weighted by Crippen LogP contribution is 2.33. The first-order valence-electron chi connectivity index (χ1n) is 8.25. The van der Waals surface area contributed by atoms with Crippen LogP contribution in [0.15, 0.2) is 30.5 Å². The summed E-state index contributed by atoms with van der Waals surface area (Å²) in [6.45, 7) is 3.13. The van der Waals surface area contributed by atoms with Crippen LogP contribution in [0.4, 0.5) is 0 Å². The summed E-state index contributed by atoms with van der Waals surface area (Å²) in [7, 11) is 3.13. The summed E-state index contributed by atoms with van der Waals surface area (Å²) < 4.78 is 16.5. The van der Waals surface area contributed by atoms with Gasteiger partial charge in [0.05, 0.1) is 14.2 Å². The van der Waals surface area contributed by atoms with Gasteiger partial charge in [-0.3, -0.25) is 4.90 Å². The van der Waals surface area contributed by atoms with Crippen LogP contribution in [0.3, 0.4) is 0 Å². The highest BCUT2D eigenvalue weighted by Gasteiger charge is 2.16. The molecule has 2 aromatic rings. The average molecular weight is 339 g/mol. The topological polar surface area (TPSA) is 67.6 Å². The van der Waals surface area contributed by atoms with Crippen LogP contribution in [0, 0.1) is 11.3 Å². The van der Waals surface area contributed by atoms with E-state index in [-0.39, 0.29) is 11.4 Å². The zero-order valence-electron chi connectivity index (χ0n) is 14.5. The zero-order valence-corrected chi connectivity index (χ0v) is 14.5. The minimum Gasteiger partial charge on any atom is -0.496 e. The Kier molecular flexibility index (Phi) is 5.36. The lowest BCUT2D eigenvalue weighted by atomic mass is 10.1. The highest BCUT2D eigenvalue weighted by molar-refractivity contribution is 5.51. The predicted molar refractivity (Wildman–Crippen MR) is 93.1 cm³/mol. The van der Waals surface area contributed by atoms with Gasteiger partial charge in [-0.15, -0.1) is 0 Å².